The zero-order chi connectivity index (χ0) is 14.6. The van der Waals surface area contributed by atoms with Crippen molar-refractivity contribution in [3.05, 3.63) is 34.9 Å². The Balaban J connectivity index is 1.88. The largest absolute Gasteiger partial charge is 0.380 e. The minimum atomic E-state index is 0.233. The second-order valence-electron chi connectivity index (χ2n) is 5.69. The van der Waals surface area contributed by atoms with Gasteiger partial charge in [-0.15, -0.1) is 0 Å². The van der Waals surface area contributed by atoms with Crippen LogP contribution in [0.5, 0.6) is 0 Å². The molecular weight excluding hydrogens is 274 g/mol. The summed E-state index contributed by atoms with van der Waals surface area (Å²) in [7, 11) is 3.84. The highest BCUT2D eigenvalue weighted by Gasteiger charge is 2.33. The van der Waals surface area contributed by atoms with Gasteiger partial charge in [-0.3, -0.25) is 4.99 Å². The Hall–Kier alpha value is -1.26. The summed E-state index contributed by atoms with van der Waals surface area (Å²) in [5, 5.41) is 4.17. The van der Waals surface area contributed by atoms with Gasteiger partial charge in [0.2, 0.25) is 0 Å². The molecule has 0 bridgehead atoms. The van der Waals surface area contributed by atoms with Crippen LogP contribution in [-0.4, -0.2) is 44.7 Å². The number of rotatable bonds is 4. The average Bonchev–Trinajstić information content (AvgIpc) is 2.40. The number of hydrogen-bond acceptors (Lipinski definition) is 2. The quantitative estimate of drug-likeness (QED) is 0.684. The molecule has 5 heteroatoms. The van der Waals surface area contributed by atoms with E-state index in [0.29, 0.717) is 0 Å². The highest BCUT2D eigenvalue weighted by Crippen LogP contribution is 2.25. The molecule has 1 aliphatic heterocycles. The van der Waals surface area contributed by atoms with Crippen LogP contribution in [0.25, 0.3) is 0 Å². The van der Waals surface area contributed by atoms with Crippen molar-refractivity contribution in [3.63, 3.8) is 0 Å². The molecule has 1 aromatic rings. The molecule has 1 aromatic carbocycles. The zero-order valence-corrected chi connectivity index (χ0v) is 13.1. The summed E-state index contributed by atoms with van der Waals surface area (Å²) in [6, 6.07) is 7.89. The first-order valence-corrected chi connectivity index (χ1v) is 7.14. The van der Waals surface area contributed by atoms with Crippen LogP contribution in [-0.2, 0) is 11.3 Å². The standard InChI is InChI=1S/C15H22ClN3O/c1-15(10-20-11-15)9-18-14(17-2)19(3)8-12-4-6-13(16)7-5-12/h4-7H,8-11H2,1-3H3,(H,17,18). The Morgan fingerprint density at radius 1 is 1.40 bits per heavy atom. The van der Waals surface area contributed by atoms with Gasteiger partial charge in [-0.25, -0.2) is 0 Å². The van der Waals surface area contributed by atoms with Crippen molar-refractivity contribution in [2.45, 2.75) is 13.5 Å². The lowest BCUT2D eigenvalue weighted by Gasteiger charge is -2.39. The fourth-order valence-electron chi connectivity index (χ4n) is 2.17. The van der Waals surface area contributed by atoms with Gasteiger partial charge in [-0.2, -0.15) is 0 Å². The van der Waals surface area contributed by atoms with Crippen LogP contribution >= 0.6 is 11.6 Å². The molecule has 0 amide bonds. The maximum atomic E-state index is 5.90. The van der Waals surface area contributed by atoms with Crippen LogP contribution < -0.4 is 5.32 Å². The summed E-state index contributed by atoms with van der Waals surface area (Å²) >= 11 is 5.90. The Labute approximate surface area is 125 Å². The van der Waals surface area contributed by atoms with Crippen LogP contribution in [0, 0.1) is 5.41 Å². The van der Waals surface area contributed by atoms with Crippen molar-refractivity contribution in [3.8, 4) is 0 Å². The second-order valence-corrected chi connectivity index (χ2v) is 6.12. The molecule has 4 nitrogen and oxygen atoms in total. The van der Waals surface area contributed by atoms with Crippen molar-refractivity contribution in [2.24, 2.45) is 10.4 Å². The van der Waals surface area contributed by atoms with Crippen LogP contribution in [0.1, 0.15) is 12.5 Å². The third kappa shape index (κ3) is 3.87. The molecule has 0 radical (unpaired) electrons. The topological polar surface area (TPSA) is 36.9 Å². The molecule has 0 spiro atoms. The summed E-state index contributed by atoms with van der Waals surface area (Å²) in [6.07, 6.45) is 0. The van der Waals surface area contributed by atoms with Crippen molar-refractivity contribution in [2.75, 3.05) is 33.9 Å². The smallest absolute Gasteiger partial charge is 0.193 e. The van der Waals surface area contributed by atoms with E-state index in [9.17, 15) is 0 Å². The normalized spacial score (nSPS) is 17.5. The molecule has 110 valence electrons. The van der Waals surface area contributed by atoms with E-state index >= 15 is 0 Å². The lowest BCUT2D eigenvalue weighted by Crippen LogP contribution is -2.51. The molecule has 0 saturated carbocycles. The number of nitrogens with one attached hydrogen (secondary N) is 1. The van der Waals surface area contributed by atoms with E-state index in [1.54, 1.807) is 7.05 Å². The Morgan fingerprint density at radius 2 is 2.05 bits per heavy atom. The first-order chi connectivity index (χ1) is 9.52. The molecular formula is C15H22ClN3O. The minimum absolute atomic E-state index is 0.233. The van der Waals surface area contributed by atoms with Crippen LogP contribution in [0.2, 0.25) is 5.02 Å². The predicted octanol–water partition coefficient (Wildman–Crippen LogP) is 2.38. The van der Waals surface area contributed by atoms with E-state index in [-0.39, 0.29) is 5.41 Å². The van der Waals surface area contributed by atoms with Gasteiger partial charge in [0.1, 0.15) is 0 Å². The summed E-state index contributed by atoms with van der Waals surface area (Å²) in [5.41, 5.74) is 1.44. The molecule has 1 saturated heterocycles. The molecule has 1 N–H and O–H groups in total. The molecule has 0 aliphatic carbocycles. The minimum Gasteiger partial charge on any atom is -0.380 e. The molecule has 1 aliphatic rings. The molecule has 0 aromatic heterocycles. The van der Waals surface area contributed by atoms with Crippen molar-refractivity contribution in [1.29, 1.82) is 0 Å². The number of guanidine groups is 1. The van der Waals surface area contributed by atoms with Gasteiger partial charge in [0.15, 0.2) is 5.96 Å². The summed E-state index contributed by atoms with van der Waals surface area (Å²) in [5.74, 6) is 0.896. The number of halogens is 1. The molecule has 1 fully saturated rings. The third-order valence-corrected chi connectivity index (χ3v) is 3.73. The molecule has 20 heavy (non-hydrogen) atoms. The highest BCUT2D eigenvalue weighted by atomic mass is 35.5. The van der Waals surface area contributed by atoms with Crippen LogP contribution in [0.3, 0.4) is 0 Å². The summed E-state index contributed by atoms with van der Waals surface area (Å²) in [6.45, 7) is 5.53. The summed E-state index contributed by atoms with van der Waals surface area (Å²) in [4.78, 5) is 6.43. The van der Waals surface area contributed by atoms with Crippen LogP contribution in [0.4, 0.5) is 0 Å². The van der Waals surface area contributed by atoms with E-state index in [4.69, 9.17) is 16.3 Å². The Bertz CT molecular complexity index is 469. The first-order valence-electron chi connectivity index (χ1n) is 6.76. The van der Waals surface area contributed by atoms with E-state index in [1.165, 1.54) is 5.56 Å². The lowest BCUT2D eigenvalue weighted by molar-refractivity contribution is -0.0972. The molecule has 0 unspecified atom stereocenters. The number of nitrogens with zero attached hydrogens (tertiary/aromatic N) is 2. The number of ether oxygens (including phenoxy) is 1. The average molecular weight is 296 g/mol. The predicted molar refractivity (Wildman–Crippen MR) is 83.2 cm³/mol. The van der Waals surface area contributed by atoms with Gasteiger partial charge in [0.25, 0.3) is 0 Å². The maximum Gasteiger partial charge on any atom is 0.193 e. The second kappa shape index (κ2) is 6.46. The Morgan fingerprint density at radius 3 is 2.55 bits per heavy atom. The van der Waals surface area contributed by atoms with E-state index in [1.807, 2.05) is 31.3 Å². The fraction of sp³-hybridized carbons (Fsp3) is 0.533. The first kappa shape index (κ1) is 15.1. The van der Waals surface area contributed by atoms with Gasteiger partial charge >= 0.3 is 0 Å². The van der Waals surface area contributed by atoms with Crippen molar-refractivity contribution in [1.82, 2.24) is 10.2 Å². The zero-order valence-electron chi connectivity index (χ0n) is 12.3. The molecule has 2 rings (SSSR count). The van der Waals surface area contributed by atoms with Crippen molar-refractivity contribution < 1.29 is 4.74 Å². The monoisotopic (exact) mass is 295 g/mol. The Kier molecular flexibility index (Phi) is 4.89. The van der Waals surface area contributed by atoms with E-state index in [0.717, 1.165) is 37.3 Å². The lowest BCUT2D eigenvalue weighted by atomic mass is 9.89. The third-order valence-electron chi connectivity index (χ3n) is 3.48. The van der Waals surface area contributed by atoms with E-state index < -0.39 is 0 Å². The van der Waals surface area contributed by atoms with Gasteiger partial charge < -0.3 is 15.0 Å². The maximum absolute atomic E-state index is 5.90. The van der Waals surface area contributed by atoms with Gasteiger partial charge in [-0.05, 0) is 17.7 Å². The number of benzene rings is 1. The van der Waals surface area contributed by atoms with Crippen LogP contribution in [0.15, 0.2) is 29.3 Å². The number of hydrogen-bond donors (Lipinski definition) is 1. The fourth-order valence-corrected chi connectivity index (χ4v) is 2.29. The van der Waals surface area contributed by atoms with Crippen molar-refractivity contribution >= 4 is 17.6 Å². The molecule has 0 atom stereocenters. The highest BCUT2D eigenvalue weighted by molar-refractivity contribution is 6.30. The SMILES string of the molecule is CN=C(NCC1(C)COC1)N(C)Cc1ccc(Cl)cc1. The summed E-state index contributed by atoms with van der Waals surface area (Å²) < 4.78 is 5.27. The van der Waals surface area contributed by atoms with E-state index in [2.05, 4.69) is 22.1 Å². The van der Waals surface area contributed by atoms with Gasteiger partial charge in [0.05, 0.1) is 13.2 Å². The van der Waals surface area contributed by atoms with Gasteiger partial charge in [0, 0.05) is 37.6 Å². The van der Waals surface area contributed by atoms with Gasteiger partial charge in [-0.1, -0.05) is 30.7 Å². The molecule has 1 heterocycles. The number of aliphatic imine (C=N–C) groups is 1.